The van der Waals surface area contributed by atoms with Crippen LogP contribution in [-0.2, 0) is 14.3 Å². The van der Waals surface area contributed by atoms with Crippen molar-refractivity contribution >= 4 is 34.4 Å². The standard InChI is InChI=1S/C20H20N4O3S/c1-13-12-28-20(21-13)22-18(25)11-27-19(26)10-9-17-14(2)23-24(15(17)3)16-7-5-4-6-8-16/h4-10,12H,11H2,1-3H3,(H,21,22,25)/b10-9+. The van der Waals surface area contributed by atoms with Gasteiger partial charge in [-0.25, -0.2) is 14.5 Å². The number of anilines is 1. The molecule has 3 rings (SSSR count). The number of esters is 1. The third kappa shape index (κ3) is 4.72. The highest BCUT2D eigenvalue weighted by Gasteiger charge is 2.12. The van der Waals surface area contributed by atoms with Crippen molar-refractivity contribution in [2.24, 2.45) is 0 Å². The lowest BCUT2D eigenvalue weighted by molar-refractivity contribution is -0.142. The predicted octanol–water partition coefficient (Wildman–Crippen LogP) is 3.45. The van der Waals surface area contributed by atoms with E-state index in [1.165, 1.54) is 17.4 Å². The Kier molecular flexibility index (Phi) is 6.00. The smallest absolute Gasteiger partial charge is 0.331 e. The molecule has 0 aliphatic rings. The van der Waals surface area contributed by atoms with Crippen molar-refractivity contribution in [2.45, 2.75) is 20.8 Å². The van der Waals surface area contributed by atoms with Gasteiger partial charge in [-0.3, -0.25) is 10.1 Å². The maximum absolute atomic E-state index is 11.9. The van der Waals surface area contributed by atoms with E-state index in [4.69, 9.17) is 4.74 Å². The van der Waals surface area contributed by atoms with Gasteiger partial charge in [-0.2, -0.15) is 5.10 Å². The van der Waals surface area contributed by atoms with E-state index >= 15 is 0 Å². The van der Waals surface area contributed by atoms with Crippen LogP contribution in [0.5, 0.6) is 0 Å². The number of rotatable bonds is 6. The van der Waals surface area contributed by atoms with Gasteiger partial charge in [0.15, 0.2) is 11.7 Å². The quantitative estimate of drug-likeness (QED) is 0.509. The van der Waals surface area contributed by atoms with Crippen LogP contribution < -0.4 is 5.32 Å². The number of para-hydroxylation sites is 1. The van der Waals surface area contributed by atoms with Crippen molar-refractivity contribution in [3.8, 4) is 5.69 Å². The number of carbonyl (C=O) groups excluding carboxylic acids is 2. The molecule has 0 saturated heterocycles. The molecule has 0 atom stereocenters. The van der Waals surface area contributed by atoms with Crippen molar-refractivity contribution in [3.63, 3.8) is 0 Å². The van der Waals surface area contributed by atoms with Crippen molar-refractivity contribution in [2.75, 3.05) is 11.9 Å². The number of hydrogen-bond acceptors (Lipinski definition) is 6. The number of nitrogens with zero attached hydrogens (tertiary/aromatic N) is 3. The third-order valence-corrected chi connectivity index (χ3v) is 4.82. The Morgan fingerprint density at radius 2 is 1.96 bits per heavy atom. The van der Waals surface area contributed by atoms with Gasteiger partial charge in [0.25, 0.3) is 5.91 Å². The summed E-state index contributed by atoms with van der Waals surface area (Å²) in [6.07, 6.45) is 2.95. The Morgan fingerprint density at radius 3 is 2.64 bits per heavy atom. The fourth-order valence-corrected chi connectivity index (χ4v) is 3.32. The highest BCUT2D eigenvalue weighted by Crippen LogP contribution is 2.19. The summed E-state index contributed by atoms with van der Waals surface area (Å²) in [6, 6.07) is 9.75. The Labute approximate surface area is 166 Å². The molecule has 8 heteroatoms. The first-order chi connectivity index (χ1) is 13.4. The molecule has 0 aliphatic carbocycles. The average molecular weight is 396 g/mol. The van der Waals surface area contributed by atoms with E-state index in [1.807, 2.05) is 61.2 Å². The number of aromatic nitrogens is 3. The summed E-state index contributed by atoms with van der Waals surface area (Å²) in [5, 5.41) is 9.41. The summed E-state index contributed by atoms with van der Waals surface area (Å²) < 4.78 is 6.81. The maximum Gasteiger partial charge on any atom is 0.331 e. The molecule has 1 aromatic carbocycles. The number of hydrogen-bond donors (Lipinski definition) is 1. The summed E-state index contributed by atoms with van der Waals surface area (Å²) in [5.74, 6) is -1.03. The van der Waals surface area contributed by atoms with Gasteiger partial charge < -0.3 is 4.74 Å². The number of amides is 1. The fourth-order valence-electron chi connectivity index (χ4n) is 2.62. The van der Waals surface area contributed by atoms with Gasteiger partial charge in [0.1, 0.15) is 0 Å². The van der Waals surface area contributed by atoms with Gasteiger partial charge in [-0.15, -0.1) is 11.3 Å². The van der Waals surface area contributed by atoms with Gasteiger partial charge in [0.2, 0.25) is 0 Å². The second kappa shape index (κ2) is 8.62. The van der Waals surface area contributed by atoms with Gasteiger partial charge in [-0.1, -0.05) is 18.2 Å². The van der Waals surface area contributed by atoms with E-state index in [1.54, 1.807) is 6.08 Å². The molecular formula is C20H20N4O3S. The lowest BCUT2D eigenvalue weighted by Gasteiger charge is -2.04. The second-order valence-corrected chi connectivity index (χ2v) is 6.97. The zero-order valence-corrected chi connectivity index (χ0v) is 16.6. The van der Waals surface area contributed by atoms with Crippen LogP contribution >= 0.6 is 11.3 Å². The normalized spacial score (nSPS) is 11.0. The highest BCUT2D eigenvalue weighted by atomic mass is 32.1. The molecule has 0 unspecified atom stereocenters. The van der Waals surface area contributed by atoms with Crippen molar-refractivity contribution < 1.29 is 14.3 Å². The number of ether oxygens (including phenoxy) is 1. The van der Waals surface area contributed by atoms with Crippen LogP contribution in [0.4, 0.5) is 5.13 Å². The maximum atomic E-state index is 11.9. The van der Waals surface area contributed by atoms with Crippen molar-refractivity contribution in [1.82, 2.24) is 14.8 Å². The number of aryl methyl sites for hydroxylation is 2. The predicted molar refractivity (Wildman–Crippen MR) is 109 cm³/mol. The topological polar surface area (TPSA) is 86.1 Å². The SMILES string of the molecule is Cc1csc(NC(=O)COC(=O)/C=C/c2c(C)nn(-c3ccccc3)c2C)n1. The van der Waals surface area contributed by atoms with Crippen molar-refractivity contribution in [3.05, 3.63) is 64.4 Å². The summed E-state index contributed by atoms with van der Waals surface area (Å²) in [4.78, 5) is 27.9. The monoisotopic (exact) mass is 396 g/mol. The summed E-state index contributed by atoms with van der Waals surface area (Å²) in [7, 11) is 0. The molecule has 144 valence electrons. The lowest BCUT2D eigenvalue weighted by Crippen LogP contribution is -2.20. The first-order valence-electron chi connectivity index (χ1n) is 8.62. The van der Waals surface area contributed by atoms with Crippen LogP contribution in [-0.4, -0.2) is 33.2 Å². The van der Waals surface area contributed by atoms with E-state index in [-0.39, 0.29) is 6.61 Å². The minimum absolute atomic E-state index is 0.372. The molecule has 0 fully saturated rings. The summed E-state index contributed by atoms with van der Waals surface area (Å²) in [5.41, 5.74) is 4.30. The third-order valence-electron chi connectivity index (χ3n) is 3.95. The minimum Gasteiger partial charge on any atom is -0.452 e. The summed E-state index contributed by atoms with van der Waals surface area (Å²) in [6.45, 7) is 5.27. The van der Waals surface area contributed by atoms with Crippen LogP contribution in [0.2, 0.25) is 0 Å². The molecule has 28 heavy (non-hydrogen) atoms. The fraction of sp³-hybridized carbons (Fsp3) is 0.200. The molecule has 0 aliphatic heterocycles. The van der Waals surface area contributed by atoms with E-state index in [0.717, 1.165) is 28.3 Å². The van der Waals surface area contributed by atoms with Crippen molar-refractivity contribution in [1.29, 1.82) is 0 Å². The molecule has 7 nitrogen and oxygen atoms in total. The number of nitrogens with one attached hydrogen (secondary N) is 1. The minimum atomic E-state index is -0.600. The summed E-state index contributed by atoms with van der Waals surface area (Å²) >= 11 is 1.32. The largest absolute Gasteiger partial charge is 0.452 e. The lowest BCUT2D eigenvalue weighted by atomic mass is 10.2. The zero-order valence-electron chi connectivity index (χ0n) is 15.8. The zero-order chi connectivity index (χ0) is 20.1. The molecule has 2 aromatic heterocycles. The van der Waals surface area contributed by atoms with Gasteiger partial charge >= 0.3 is 5.97 Å². The molecule has 0 bridgehead atoms. The first-order valence-corrected chi connectivity index (χ1v) is 9.50. The molecule has 2 heterocycles. The molecule has 3 aromatic rings. The molecule has 0 spiro atoms. The molecule has 0 radical (unpaired) electrons. The number of benzene rings is 1. The number of carbonyl (C=O) groups is 2. The van der Waals surface area contributed by atoms with Crippen LogP contribution in [0.15, 0.2) is 41.8 Å². The van der Waals surface area contributed by atoms with Crippen LogP contribution in [0.1, 0.15) is 22.6 Å². The van der Waals surface area contributed by atoms with Gasteiger partial charge in [0, 0.05) is 22.7 Å². The average Bonchev–Trinajstić information content (AvgIpc) is 3.21. The van der Waals surface area contributed by atoms with Crippen LogP contribution in [0.3, 0.4) is 0 Å². The molecule has 0 saturated carbocycles. The molecule has 1 amide bonds. The van der Waals surface area contributed by atoms with E-state index in [0.29, 0.717) is 5.13 Å². The first kappa shape index (κ1) is 19.5. The molecular weight excluding hydrogens is 376 g/mol. The van der Waals surface area contributed by atoms with Gasteiger partial charge in [-0.05, 0) is 39.0 Å². The Hall–Kier alpha value is -3.26. The van der Waals surface area contributed by atoms with E-state index in [9.17, 15) is 9.59 Å². The Bertz CT molecular complexity index is 1020. The van der Waals surface area contributed by atoms with E-state index < -0.39 is 11.9 Å². The van der Waals surface area contributed by atoms with E-state index in [2.05, 4.69) is 15.4 Å². The van der Waals surface area contributed by atoms with Crippen LogP contribution in [0, 0.1) is 20.8 Å². The Balaban J connectivity index is 1.60. The van der Waals surface area contributed by atoms with Crippen LogP contribution in [0.25, 0.3) is 11.8 Å². The second-order valence-electron chi connectivity index (χ2n) is 6.12. The van der Waals surface area contributed by atoms with Gasteiger partial charge in [0.05, 0.1) is 17.1 Å². The molecule has 1 N–H and O–H groups in total. The number of thiazole rings is 1. The highest BCUT2D eigenvalue weighted by molar-refractivity contribution is 7.13. The Morgan fingerprint density at radius 1 is 1.21 bits per heavy atom.